The number of piperidine rings is 1. The van der Waals surface area contributed by atoms with E-state index in [1.165, 1.54) is 6.92 Å². The fourth-order valence-corrected chi connectivity index (χ4v) is 6.18. The Morgan fingerprint density at radius 3 is 2.27 bits per heavy atom. The molecule has 4 N–H and O–H groups in total. The second-order valence-electron chi connectivity index (χ2n) is 12.9. The highest BCUT2D eigenvalue weighted by molar-refractivity contribution is 5.95. The molecule has 2 bridgehead atoms. The number of amides is 5. The number of aryl methyl sites for hydroxylation is 2. The number of imidazole rings is 1. The summed E-state index contributed by atoms with van der Waals surface area (Å²) in [6, 6.07) is 13.0. The topological polar surface area (TPSA) is 173 Å². The van der Waals surface area contributed by atoms with Gasteiger partial charge in [0.05, 0.1) is 6.54 Å². The van der Waals surface area contributed by atoms with Crippen LogP contribution in [0.15, 0.2) is 67.0 Å². The minimum absolute atomic E-state index is 0.0320. The van der Waals surface area contributed by atoms with Crippen LogP contribution in [0.3, 0.4) is 0 Å². The molecule has 2 aromatic carbocycles. The maximum atomic E-state index is 14.1. The van der Waals surface area contributed by atoms with Gasteiger partial charge in [-0.15, -0.1) is 0 Å². The summed E-state index contributed by atoms with van der Waals surface area (Å²) in [6.07, 6.45) is 5.20. The maximum absolute atomic E-state index is 14.1. The Labute approximate surface area is 297 Å². The third-order valence-electron chi connectivity index (χ3n) is 9.24. The van der Waals surface area contributed by atoms with Crippen molar-refractivity contribution in [1.82, 2.24) is 35.7 Å². The van der Waals surface area contributed by atoms with E-state index in [1.807, 2.05) is 48.0 Å². The number of carbonyl (C=O) groups is 5. The Hall–Kier alpha value is -5.40. The van der Waals surface area contributed by atoms with Gasteiger partial charge in [-0.25, -0.2) is 4.98 Å². The molecule has 1 fully saturated rings. The van der Waals surface area contributed by atoms with E-state index in [-0.39, 0.29) is 51.4 Å². The van der Waals surface area contributed by atoms with Gasteiger partial charge >= 0.3 is 0 Å². The van der Waals surface area contributed by atoms with E-state index >= 15 is 0 Å². The average Bonchev–Trinajstić information content (AvgIpc) is 3.60. The van der Waals surface area contributed by atoms with Gasteiger partial charge in [0.15, 0.2) is 5.60 Å². The molecule has 3 aromatic rings. The molecule has 14 nitrogen and oxygen atoms in total. The maximum Gasteiger partial charge on any atom is 0.264 e. The Bertz CT molecular complexity index is 1670. The van der Waals surface area contributed by atoms with Gasteiger partial charge < -0.3 is 40.2 Å². The molecule has 1 spiro atoms. The number of nitrogens with zero attached hydrogens (tertiary/aromatic N) is 3. The van der Waals surface area contributed by atoms with Gasteiger partial charge in [0.1, 0.15) is 42.1 Å². The molecule has 51 heavy (non-hydrogen) atoms. The molecule has 0 aliphatic carbocycles. The predicted molar refractivity (Wildman–Crippen MR) is 188 cm³/mol. The van der Waals surface area contributed by atoms with Crippen LogP contribution in [0.25, 0.3) is 0 Å². The second kappa shape index (κ2) is 17.0. The summed E-state index contributed by atoms with van der Waals surface area (Å²) in [5.41, 5.74) is -0.581. The van der Waals surface area contributed by atoms with Crippen molar-refractivity contribution >= 4 is 29.5 Å². The lowest BCUT2D eigenvalue weighted by atomic mass is 9.89. The highest BCUT2D eigenvalue weighted by atomic mass is 16.5. The van der Waals surface area contributed by atoms with Crippen molar-refractivity contribution in [1.29, 1.82) is 0 Å². The smallest absolute Gasteiger partial charge is 0.264 e. The Balaban J connectivity index is 1.34. The van der Waals surface area contributed by atoms with Gasteiger partial charge in [-0.3, -0.25) is 24.0 Å². The normalized spacial score (nSPS) is 21.8. The highest BCUT2D eigenvalue weighted by Crippen LogP contribution is 2.31. The van der Waals surface area contributed by atoms with Gasteiger partial charge in [-0.1, -0.05) is 37.3 Å². The summed E-state index contributed by atoms with van der Waals surface area (Å²) >= 11 is 0. The van der Waals surface area contributed by atoms with Crippen LogP contribution in [-0.4, -0.2) is 94.0 Å². The van der Waals surface area contributed by atoms with E-state index in [0.717, 1.165) is 17.8 Å². The van der Waals surface area contributed by atoms with Gasteiger partial charge in [0, 0.05) is 64.1 Å². The van der Waals surface area contributed by atoms with Crippen molar-refractivity contribution in [2.45, 2.75) is 83.1 Å². The summed E-state index contributed by atoms with van der Waals surface area (Å²) in [5, 5.41) is 11.0. The summed E-state index contributed by atoms with van der Waals surface area (Å²) < 4.78 is 14.2. The van der Waals surface area contributed by atoms with Gasteiger partial charge in [-0.2, -0.15) is 0 Å². The molecule has 272 valence electrons. The van der Waals surface area contributed by atoms with Crippen molar-refractivity contribution < 1.29 is 33.4 Å². The molecule has 6 rings (SSSR count). The van der Waals surface area contributed by atoms with Crippen LogP contribution >= 0.6 is 0 Å². The van der Waals surface area contributed by atoms with Crippen molar-refractivity contribution in [2.75, 3.05) is 26.2 Å². The number of nitrogens with one attached hydrogen (secondary N) is 4. The minimum atomic E-state index is -1.38. The van der Waals surface area contributed by atoms with Crippen LogP contribution in [0.1, 0.15) is 51.4 Å². The van der Waals surface area contributed by atoms with Crippen LogP contribution in [-0.2, 0) is 43.4 Å². The quantitative estimate of drug-likeness (QED) is 0.280. The zero-order chi connectivity index (χ0) is 36.4. The first-order valence-electron chi connectivity index (χ1n) is 17.5. The standard InChI is InChI=1S/C37H47N7O7/c1-4-31-38-17-22-43(31)19-14-32(45)44-20-15-37(16-21-44)36(49)41-26(3)34(47)42-30(24-27-8-6-5-7-9-27)35(48)40-25(2)33(46)39-18-23-50-28-10-12-29(51-37)13-11-28/h5-13,17,22,25-26,30H,4,14-16,18-21,23-24H2,1-3H3,(H,39,46)(H,40,48)(H,41,49)(H,42,47)/t25-,26-,30-/m0/s1. The van der Waals surface area contributed by atoms with Crippen molar-refractivity contribution in [2.24, 2.45) is 0 Å². The first-order chi connectivity index (χ1) is 24.6. The summed E-state index contributed by atoms with van der Waals surface area (Å²) in [4.78, 5) is 73.1. The monoisotopic (exact) mass is 701 g/mol. The number of hydrogen-bond donors (Lipinski definition) is 4. The Morgan fingerprint density at radius 2 is 1.57 bits per heavy atom. The van der Waals surface area contributed by atoms with Gasteiger partial charge in [-0.05, 0) is 43.7 Å². The summed E-state index contributed by atoms with van der Waals surface area (Å²) in [6.45, 7) is 6.55. The van der Waals surface area contributed by atoms with Crippen LogP contribution in [0, 0.1) is 0 Å². The summed E-state index contributed by atoms with van der Waals surface area (Å²) in [7, 11) is 0. The number of rotatable bonds is 6. The molecular formula is C37H47N7O7. The molecule has 0 unspecified atom stereocenters. The number of carbonyl (C=O) groups excluding carboxylic acids is 5. The lowest BCUT2D eigenvalue weighted by Crippen LogP contribution is -2.61. The van der Waals surface area contributed by atoms with E-state index in [1.54, 1.807) is 42.3 Å². The van der Waals surface area contributed by atoms with E-state index in [9.17, 15) is 24.0 Å². The molecule has 0 saturated carbocycles. The van der Waals surface area contributed by atoms with Gasteiger partial charge in [0.2, 0.25) is 23.6 Å². The van der Waals surface area contributed by atoms with Crippen LogP contribution in [0.5, 0.6) is 11.5 Å². The largest absolute Gasteiger partial charge is 0.492 e. The molecule has 3 aliphatic rings. The fourth-order valence-electron chi connectivity index (χ4n) is 6.18. The number of ether oxygens (including phenoxy) is 2. The molecule has 1 saturated heterocycles. The zero-order valence-corrected chi connectivity index (χ0v) is 29.4. The number of likely N-dealkylation sites (tertiary alicyclic amines) is 1. The van der Waals surface area contributed by atoms with Crippen molar-refractivity contribution in [3.63, 3.8) is 0 Å². The second-order valence-corrected chi connectivity index (χ2v) is 12.9. The minimum Gasteiger partial charge on any atom is -0.492 e. The third kappa shape index (κ3) is 9.65. The highest BCUT2D eigenvalue weighted by Gasteiger charge is 2.45. The van der Waals surface area contributed by atoms with E-state index in [0.29, 0.717) is 24.5 Å². The number of aromatic nitrogens is 2. The molecule has 3 aliphatic heterocycles. The number of hydrogen-bond acceptors (Lipinski definition) is 8. The molecule has 5 amide bonds. The average molecular weight is 702 g/mol. The number of fused-ring (bicyclic) bond motifs is 15. The fraction of sp³-hybridized carbons (Fsp3) is 0.459. The number of benzene rings is 2. The third-order valence-corrected chi connectivity index (χ3v) is 9.24. The zero-order valence-electron chi connectivity index (χ0n) is 29.4. The Morgan fingerprint density at radius 1 is 0.882 bits per heavy atom. The SMILES string of the molecule is CCc1nccn1CCC(=O)N1CCC2(CC1)Oc1ccc(cc1)OCCNC(=O)[C@H](C)NC(=O)[C@H](Cc1ccccc1)NC(=O)[C@H](C)NC2=O. The molecule has 1 aromatic heterocycles. The van der Waals surface area contributed by atoms with Crippen LogP contribution < -0.4 is 30.7 Å². The van der Waals surface area contributed by atoms with Crippen LogP contribution in [0.4, 0.5) is 0 Å². The van der Waals surface area contributed by atoms with E-state index in [2.05, 4.69) is 26.3 Å². The van der Waals surface area contributed by atoms with E-state index < -0.39 is 47.4 Å². The Kier molecular flexibility index (Phi) is 12.3. The lowest BCUT2D eigenvalue weighted by Gasteiger charge is -2.41. The van der Waals surface area contributed by atoms with E-state index in [4.69, 9.17) is 9.47 Å². The van der Waals surface area contributed by atoms with Crippen molar-refractivity contribution in [3.05, 3.63) is 78.4 Å². The molecule has 4 heterocycles. The summed E-state index contributed by atoms with van der Waals surface area (Å²) in [5.74, 6) is -0.213. The lowest BCUT2D eigenvalue weighted by molar-refractivity contribution is -0.148. The molecular weight excluding hydrogens is 654 g/mol. The molecule has 3 atom stereocenters. The van der Waals surface area contributed by atoms with Crippen molar-refractivity contribution in [3.8, 4) is 11.5 Å². The molecule has 14 heteroatoms. The van der Waals surface area contributed by atoms with Gasteiger partial charge in [0.25, 0.3) is 5.91 Å². The van der Waals surface area contributed by atoms with Crippen LogP contribution in [0.2, 0.25) is 0 Å². The first-order valence-corrected chi connectivity index (χ1v) is 17.5. The predicted octanol–water partition coefficient (Wildman–Crippen LogP) is 1.52. The first kappa shape index (κ1) is 36.9. The molecule has 0 radical (unpaired) electrons.